The van der Waals surface area contributed by atoms with Crippen LogP contribution in [0.1, 0.15) is 18.4 Å². The van der Waals surface area contributed by atoms with E-state index in [9.17, 15) is 8.42 Å². The molecule has 4 nitrogen and oxygen atoms in total. The number of unbranched alkanes of at least 4 members (excludes halogenated alkanes) is 1. The molecule has 0 amide bonds. The molecule has 0 saturated heterocycles. The molecule has 0 saturated carbocycles. The first-order valence-corrected chi connectivity index (χ1v) is 5.91. The summed E-state index contributed by atoms with van der Waals surface area (Å²) in [6, 6.07) is 8.03. The highest BCUT2D eigenvalue weighted by atomic mass is 32.2. The second kappa shape index (κ2) is 4.91. The number of nitriles is 1. The number of rotatable bonds is 4. The smallest absolute Gasteiger partial charge is 0.282 e. The Bertz CT molecular complexity index is 456. The van der Waals surface area contributed by atoms with Gasteiger partial charge in [-0.05, 0) is 30.5 Å². The Labute approximate surface area is 88.9 Å². The molecule has 0 spiro atoms. The molecule has 5 heteroatoms. The lowest BCUT2D eigenvalue weighted by Crippen LogP contribution is -1.97. The minimum absolute atomic E-state index is 0.105. The molecule has 0 atom stereocenters. The highest BCUT2D eigenvalue weighted by Crippen LogP contribution is 2.11. The van der Waals surface area contributed by atoms with Gasteiger partial charge in [0.1, 0.15) is 0 Å². The van der Waals surface area contributed by atoms with Crippen molar-refractivity contribution < 1.29 is 13.0 Å². The molecule has 1 rings (SSSR count). The fourth-order valence-electron chi connectivity index (χ4n) is 1.20. The van der Waals surface area contributed by atoms with Crippen molar-refractivity contribution in [3.63, 3.8) is 0 Å². The van der Waals surface area contributed by atoms with Gasteiger partial charge in [0.2, 0.25) is 0 Å². The van der Waals surface area contributed by atoms with Crippen LogP contribution in [0.2, 0.25) is 0 Å². The van der Waals surface area contributed by atoms with E-state index in [1.807, 2.05) is 6.07 Å². The van der Waals surface area contributed by atoms with E-state index in [4.69, 9.17) is 9.81 Å². The van der Waals surface area contributed by atoms with Crippen LogP contribution >= 0.6 is 0 Å². The largest absolute Gasteiger partial charge is 0.294 e. The Morgan fingerprint density at radius 1 is 1.27 bits per heavy atom. The molecule has 1 aromatic carbocycles. The lowest BCUT2D eigenvalue weighted by molar-refractivity contribution is 0.483. The third-order valence-electron chi connectivity index (χ3n) is 1.98. The van der Waals surface area contributed by atoms with Crippen LogP contribution in [0.3, 0.4) is 0 Å². The number of benzene rings is 1. The van der Waals surface area contributed by atoms with E-state index >= 15 is 0 Å². The van der Waals surface area contributed by atoms with Crippen LogP contribution in [-0.4, -0.2) is 13.0 Å². The van der Waals surface area contributed by atoms with E-state index in [1.165, 1.54) is 12.1 Å². The highest BCUT2D eigenvalue weighted by Gasteiger charge is 2.07. The van der Waals surface area contributed by atoms with Crippen molar-refractivity contribution in [1.29, 1.82) is 5.26 Å². The van der Waals surface area contributed by atoms with E-state index < -0.39 is 10.1 Å². The van der Waals surface area contributed by atoms with E-state index in [-0.39, 0.29) is 4.90 Å². The Morgan fingerprint density at radius 3 is 2.33 bits per heavy atom. The van der Waals surface area contributed by atoms with Crippen LogP contribution in [0.25, 0.3) is 0 Å². The first kappa shape index (κ1) is 11.7. The maximum absolute atomic E-state index is 10.7. The number of nitrogens with zero attached hydrogens (tertiary/aromatic N) is 1. The van der Waals surface area contributed by atoms with E-state index in [2.05, 4.69) is 0 Å². The summed E-state index contributed by atoms with van der Waals surface area (Å²) in [5.74, 6) is 0. The minimum atomic E-state index is -4.10. The van der Waals surface area contributed by atoms with Gasteiger partial charge in [-0.2, -0.15) is 13.7 Å². The van der Waals surface area contributed by atoms with Crippen LogP contribution in [0.4, 0.5) is 0 Å². The van der Waals surface area contributed by atoms with E-state index in [0.29, 0.717) is 6.42 Å². The summed E-state index contributed by atoms with van der Waals surface area (Å²) in [6.07, 6.45) is 1.97. The van der Waals surface area contributed by atoms with Crippen molar-refractivity contribution in [3.8, 4) is 6.07 Å². The summed E-state index contributed by atoms with van der Waals surface area (Å²) in [4.78, 5) is -0.105. The van der Waals surface area contributed by atoms with Crippen LogP contribution < -0.4 is 0 Å². The molecule has 0 aliphatic carbocycles. The molecule has 0 aliphatic heterocycles. The molecular formula is C10H11NO3S. The normalized spacial score (nSPS) is 10.9. The van der Waals surface area contributed by atoms with Gasteiger partial charge in [0.05, 0.1) is 11.0 Å². The van der Waals surface area contributed by atoms with Crippen molar-refractivity contribution in [2.45, 2.75) is 24.2 Å². The first-order valence-electron chi connectivity index (χ1n) is 4.47. The molecule has 1 N–H and O–H groups in total. The number of hydrogen-bond donors (Lipinski definition) is 1. The molecule has 15 heavy (non-hydrogen) atoms. The Hall–Kier alpha value is -1.38. The molecule has 0 aliphatic rings. The quantitative estimate of drug-likeness (QED) is 0.625. The van der Waals surface area contributed by atoms with Gasteiger partial charge in [0, 0.05) is 6.42 Å². The minimum Gasteiger partial charge on any atom is -0.282 e. The van der Waals surface area contributed by atoms with Gasteiger partial charge >= 0.3 is 0 Å². The van der Waals surface area contributed by atoms with E-state index in [1.54, 1.807) is 12.1 Å². The zero-order valence-electron chi connectivity index (χ0n) is 8.05. The topological polar surface area (TPSA) is 78.2 Å². The van der Waals surface area contributed by atoms with Crippen molar-refractivity contribution in [1.82, 2.24) is 0 Å². The predicted molar refractivity (Wildman–Crippen MR) is 54.8 cm³/mol. The van der Waals surface area contributed by atoms with E-state index in [0.717, 1.165) is 18.4 Å². The average molecular weight is 225 g/mol. The highest BCUT2D eigenvalue weighted by molar-refractivity contribution is 7.85. The third-order valence-corrected chi connectivity index (χ3v) is 2.84. The van der Waals surface area contributed by atoms with Gasteiger partial charge in [-0.15, -0.1) is 0 Å². The molecule has 0 unspecified atom stereocenters. The first-order chi connectivity index (χ1) is 7.04. The van der Waals surface area contributed by atoms with Crippen LogP contribution in [0.15, 0.2) is 29.2 Å². The van der Waals surface area contributed by atoms with Gasteiger partial charge in [-0.3, -0.25) is 4.55 Å². The van der Waals surface area contributed by atoms with Crippen LogP contribution in [-0.2, 0) is 16.5 Å². The van der Waals surface area contributed by atoms with Crippen molar-refractivity contribution in [2.75, 3.05) is 0 Å². The molecule has 0 radical (unpaired) electrons. The number of aryl methyl sites for hydroxylation is 1. The lowest BCUT2D eigenvalue weighted by Gasteiger charge is -2.00. The van der Waals surface area contributed by atoms with Gasteiger partial charge in [0.25, 0.3) is 10.1 Å². The zero-order chi connectivity index (χ0) is 11.3. The van der Waals surface area contributed by atoms with Gasteiger partial charge in [0.15, 0.2) is 0 Å². The molecule has 0 bridgehead atoms. The summed E-state index contributed by atoms with van der Waals surface area (Å²) in [5.41, 5.74) is 0.956. The second-order valence-corrected chi connectivity index (χ2v) is 4.55. The summed E-state index contributed by atoms with van der Waals surface area (Å²) >= 11 is 0. The molecule has 1 aromatic rings. The molecular weight excluding hydrogens is 214 g/mol. The molecule has 80 valence electrons. The second-order valence-electron chi connectivity index (χ2n) is 3.13. The fraction of sp³-hybridized carbons (Fsp3) is 0.300. The maximum atomic E-state index is 10.7. The van der Waals surface area contributed by atoms with Crippen LogP contribution in [0, 0.1) is 11.3 Å². The monoisotopic (exact) mass is 225 g/mol. The molecule has 0 aromatic heterocycles. The zero-order valence-corrected chi connectivity index (χ0v) is 8.87. The summed E-state index contributed by atoms with van der Waals surface area (Å²) < 4.78 is 30.2. The van der Waals surface area contributed by atoms with Gasteiger partial charge in [-0.1, -0.05) is 12.1 Å². The van der Waals surface area contributed by atoms with Gasteiger partial charge in [-0.25, -0.2) is 0 Å². The summed E-state index contributed by atoms with van der Waals surface area (Å²) in [7, 11) is -4.10. The van der Waals surface area contributed by atoms with Crippen molar-refractivity contribution in [3.05, 3.63) is 29.8 Å². The van der Waals surface area contributed by atoms with Gasteiger partial charge < -0.3 is 0 Å². The molecule has 0 heterocycles. The Balaban J connectivity index is 2.70. The SMILES string of the molecule is N#CCCCc1ccc(S(=O)(=O)O)cc1. The lowest BCUT2D eigenvalue weighted by atomic mass is 10.1. The average Bonchev–Trinajstić information content (AvgIpc) is 2.18. The summed E-state index contributed by atoms with van der Waals surface area (Å²) in [6.45, 7) is 0. The maximum Gasteiger partial charge on any atom is 0.294 e. The fourth-order valence-corrected chi connectivity index (χ4v) is 1.68. The van der Waals surface area contributed by atoms with Crippen molar-refractivity contribution >= 4 is 10.1 Å². The Kier molecular flexibility index (Phi) is 3.83. The Morgan fingerprint density at radius 2 is 1.87 bits per heavy atom. The number of hydrogen-bond acceptors (Lipinski definition) is 3. The predicted octanol–water partition coefficient (Wildman–Crippen LogP) is 1.78. The van der Waals surface area contributed by atoms with Crippen molar-refractivity contribution in [2.24, 2.45) is 0 Å². The standard InChI is InChI=1S/C10H11NO3S/c11-8-2-1-3-9-4-6-10(7-5-9)15(12,13)14/h4-7H,1-3H2,(H,12,13,14). The molecule has 0 fully saturated rings. The summed E-state index contributed by atoms with van der Waals surface area (Å²) in [5, 5.41) is 8.33. The van der Waals surface area contributed by atoms with Crippen LogP contribution in [0.5, 0.6) is 0 Å². The third kappa shape index (κ3) is 3.70.